The van der Waals surface area contributed by atoms with E-state index >= 15 is 0 Å². The van der Waals surface area contributed by atoms with E-state index in [4.69, 9.17) is 9.47 Å². The minimum absolute atomic E-state index is 0.200. The quantitative estimate of drug-likeness (QED) is 0.349. The van der Waals surface area contributed by atoms with Gasteiger partial charge in [0, 0.05) is 17.8 Å². The highest BCUT2D eigenvalue weighted by Gasteiger charge is 2.44. The Bertz CT molecular complexity index is 1440. The first kappa shape index (κ1) is 25.0. The first-order chi connectivity index (χ1) is 18.5. The normalized spacial score (nSPS) is 16.5. The average molecular weight is 511 g/mol. The van der Waals surface area contributed by atoms with Crippen LogP contribution in [-0.2, 0) is 11.3 Å². The van der Waals surface area contributed by atoms with Crippen LogP contribution in [0.4, 0.5) is 10.1 Å². The third-order valence-corrected chi connectivity index (χ3v) is 6.81. The van der Waals surface area contributed by atoms with E-state index in [1.807, 2.05) is 48.5 Å². The minimum Gasteiger partial charge on any atom is -0.497 e. The summed E-state index contributed by atoms with van der Waals surface area (Å²) < 4.78 is 24.0. The number of carbonyl (C=O) groups excluding carboxylic acids is 2. The molecular weight excluding hydrogens is 483 g/mol. The largest absolute Gasteiger partial charge is 0.497 e. The van der Waals surface area contributed by atoms with E-state index in [-0.39, 0.29) is 24.2 Å². The van der Waals surface area contributed by atoms with Crippen LogP contribution in [0.15, 0.2) is 97.1 Å². The van der Waals surface area contributed by atoms with Crippen molar-refractivity contribution in [1.29, 1.82) is 0 Å². The lowest BCUT2D eigenvalue weighted by Gasteiger charge is -2.42. The number of anilines is 1. The van der Waals surface area contributed by atoms with Crippen molar-refractivity contribution < 1.29 is 23.5 Å². The maximum atomic E-state index is 14.0. The van der Waals surface area contributed by atoms with Crippen LogP contribution in [-0.4, -0.2) is 26.0 Å². The minimum atomic E-state index is -0.708. The van der Waals surface area contributed by atoms with Crippen molar-refractivity contribution in [1.82, 2.24) is 5.32 Å². The molecule has 2 atom stereocenters. The number of rotatable bonds is 7. The van der Waals surface area contributed by atoms with E-state index in [1.54, 1.807) is 55.5 Å². The fraction of sp³-hybridized carbons (Fsp3) is 0.161. The molecule has 6 nitrogen and oxygen atoms in total. The Morgan fingerprint density at radius 1 is 0.842 bits per heavy atom. The number of hydrogen-bond acceptors (Lipinski definition) is 4. The van der Waals surface area contributed by atoms with Gasteiger partial charge in [-0.3, -0.25) is 14.5 Å². The Morgan fingerprint density at radius 2 is 1.45 bits per heavy atom. The number of halogens is 1. The van der Waals surface area contributed by atoms with E-state index in [0.29, 0.717) is 28.3 Å². The van der Waals surface area contributed by atoms with Crippen molar-refractivity contribution >= 4 is 17.5 Å². The third kappa shape index (κ3) is 4.83. The Labute approximate surface area is 220 Å². The summed E-state index contributed by atoms with van der Waals surface area (Å²) in [6.07, 6.45) is 0. The molecule has 0 spiro atoms. The molecule has 1 aliphatic heterocycles. The van der Waals surface area contributed by atoms with Gasteiger partial charge in [0.05, 0.1) is 26.2 Å². The molecule has 1 aliphatic rings. The number of amides is 2. The predicted molar refractivity (Wildman–Crippen MR) is 143 cm³/mol. The monoisotopic (exact) mass is 510 g/mol. The zero-order valence-corrected chi connectivity index (χ0v) is 21.1. The van der Waals surface area contributed by atoms with Gasteiger partial charge in [-0.25, -0.2) is 4.39 Å². The second-order valence-corrected chi connectivity index (χ2v) is 9.00. The molecule has 0 bridgehead atoms. The number of nitrogens with one attached hydrogen (secondary N) is 1. The molecule has 4 aromatic rings. The third-order valence-electron chi connectivity index (χ3n) is 6.81. The number of fused-ring (bicyclic) bond motifs is 1. The highest BCUT2D eigenvalue weighted by atomic mass is 19.1. The van der Waals surface area contributed by atoms with Crippen LogP contribution in [0.25, 0.3) is 0 Å². The van der Waals surface area contributed by atoms with Crippen LogP contribution in [0.2, 0.25) is 0 Å². The number of methoxy groups -OCH3 is 2. The average Bonchev–Trinajstić information content (AvgIpc) is 2.97. The molecule has 0 saturated heterocycles. The Morgan fingerprint density at radius 3 is 2.08 bits per heavy atom. The summed E-state index contributed by atoms with van der Waals surface area (Å²) in [5.74, 6) is -0.157. The molecule has 0 fully saturated rings. The zero-order chi connectivity index (χ0) is 26.6. The Balaban J connectivity index is 1.61. The van der Waals surface area contributed by atoms with Gasteiger partial charge in [-0.2, -0.15) is 0 Å². The van der Waals surface area contributed by atoms with E-state index < -0.39 is 12.0 Å². The smallest absolute Gasteiger partial charge is 0.259 e. The Kier molecular flexibility index (Phi) is 7.09. The first-order valence-corrected chi connectivity index (χ1v) is 12.2. The van der Waals surface area contributed by atoms with Crippen LogP contribution in [0.1, 0.15) is 39.0 Å². The lowest BCUT2D eigenvalue weighted by molar-refractivity contribution is -0.123. The Hall–Kier alpha value is -4.65. The molecular formula is C31H27FN2O4. The summed E-state index contributed by atoms with van der Waals surface area (Å²) >= 11 is 0. The summed E-state index contributed by atoms with van der Waals surface area (Å²) in [7, 11) is 3.17. The van der Waals surface area contributed by atoms with Crippen molar-refractivity contribution in [2.45, 2.75) is 18.5 Å². The van der Waals surface area contributed by atoms with Crippen molar-refractivity contribution in [3.63, 3.8) is 0 Å². The summed E-state index contributed by atoms with van der Waals surface area (Å²) in [6, 6.07) is 27.2. The zero-order valence-electron chi connectivity index (χ0n) is 21.1. The van der Waals surface area contributed by atoms with Crippen molar-refractivity contribution in [2.24, 2.45) is 0 Å². The van der Waals surface area contributed by atoms with Gasteiger partial charge in [-0.15, -0.1) is 0 Å². The molecule has 1 heterocycles. The van der Waals surface area contributed by atoms with Gasteiger partial charge in [-0.05, 0) is 71.3 Å². The number of ether oxygens (including phenoxy) is 2. The molecule has 0 unspecified atom stereocenters. The fourth-order valence-corrected chi connectivity index (χ4v) is 4.89. The van der Waals surface area contributed by atoms with Gasteiger partial charge >= 0.3 is 0 Å². The molecule has 0 saturated carbocycles. The number of nitrogens with zero attached hydrogens (tertiary/aromatic N) is 1. The molecule has 7 heteroatoms. The maximum absolute atomic E-state index is 14.0. The van der Waals surface area contributed by atoms with E-state index in [9.17, 15) is 14.0 Å². The van der Waals surface area contributed by atoms with Gasteiger partial charge in [-0.1, -0.05) is 42.5 Å². The molecule has 0 radical (unpaired) electrons. The molecule has 1 N–H and O–H groups in total. The second kappa shape index (κ2) is 10.8. The molecule has 38 heavy (non-hydrogen) atoms. The highest BCUT2D eigenvalue weighted by molar-refractivity contribution is 6.11. The van der Waals surface area contributed by atoms with Crippen LogP contribution in [0.5, 0.6) is 11.5 Å². The predicted octanol–water partition coefficient (Wildman–Crippen LogP) is 5.64. The first-order valence-electron chi connectivity index (χ1n) is 12.2. The molecule has 2 amide bonds. The fourth-order valence-electron chi connectivity index (χ4n) is 4.89. The summed E-state index contributed by atoms with van der Waals surface area (Å²) in [5.41, 5.74) is 3.32. The van der Waals surface area contributed by atoms with Gasteiger partial charge < -0.3 is 14.8 Å². The number of hydrogen-bond donors (Lipinski definition) is 1. The van der Waals surface area contributed by atoms with E-state index in [2.05, 4.69) is 5.32 Å². The second-order valence-electron chi connectivity index (χ2n) is 9.00. The van der Waals surface area contributed by atoms with Crippen LogP contribution in [0.3, 0.4) is 0 Å². The molecule has 4 aromatic carbocycles. The topological polar surface area (TPSA) is 67.9 Å². The summed E-state index contributed by atoms with van der Waals surface area (Å²) in [6.45, 7) is 0.226. The van der Waals surface area contributed by atoms with Crippen molar-refractivity contribution in [3.05, 3.63) is 125 Å². The van der Waals surface area contributed by atoms with Crippen LogP contribution < -0.4 is 19.7 Å². The van der Waals surface area contributed by atoms with Gasteiger partial charge in [0.15, 0.2) is 0 Å². The van der Waals surface area contributed by atoms with E-state index in [0.717, 1.165) is 11.1 Å². The van der Waals surface area contributed by atoms with E-state index in [1.165, 1.54) is 12.1 Å². The van der Waals surface area contributed by atoms with Gasteiger partial charge in [0.25, 0.3) is 5.91 Å². The standard InChI is InChI=1S/C31H27FN2O4/c1-37-24-15-9-21(10-16-24)29-28(30(35)33-19-20-7-11-22(32)12-8-20)26-5-3-4-6-27(26)31(36)34(29)23-13-17-25(38-2)18-14-23/h3-18,28-29H,19H2,1-2H3,(H,33,35)/t28-,29-/m0/s1. The molecule has 0 aliphatic carbocycles. The number of carbonyl (C=O) groups is 2. The lowest BCUT2D eigenvalue weighted by Crippen LogP contribution is -2.47. The molecule has 0 aromatic heterocycles. The van der Waals surface area contributed by atoms with Crippen molar-refractivity contribution in [2.75, 3.05) is 19.1 Å². The summed E-state index contributed by atoms with van der Waals surface area (Å²) in [5, 5.41) is 3.01. The van der Waals surface area contributed by atoms with Crippen LogP contribution >= 0.6 is 0 Å². The maximum Gasteiger partial charge on any atom is 0.259 e. The molecule has 192 valence electrons. The van der Waals surface area contributed by atoms with Gasteiger partial charge in [0.2, 0.25) is 5.91 Å². The lowest BCUT2D eigenvalue weighted by atomic mass is 9.78. The van der Waals surface area contributed by atoms with Gasteiger partial charge in [0.1, 0.15) is 17.3 Å². The van der Waals surface area contributed by atoms with Crippen molar-refractivity contribution in [3.8, 4) is 11.5 Å². The molecule has 5 rings (SSSR count). The summed E-state index contributed by atoms with van der Waals surface area (Å²) in [4.78, 5) is 29.6. The van der Waals surface area contributed by atoms with Crippen LogP contribution in [0, 0.1) is 5.82 Å². The SMILES string of the molecule is COc1ccc([C@H]2[C@@H](C(=O)NCc3ccc(F)cc3)c3ccccc3C(=O)N2c2ccc(OC)cc2)cc1. The highest BCUT2D eigenvalue weighted by Crippen LogP contribution is 2.45. The number of benzene rings is 4.